The van der Waals surface area contributed by atoms with E-state index < -0.39 is 0 Å². The Balaban J connectivity index is 0. The lowest BCUT2D eigenvalue weighted by Gasteiger charge is -2.23. The van der Waals surface area contributed by atoms with Crippen LogP contribution in [0.5, 0.6) is 0 Å². The molecule has 0 radical (unpaired) electrons. The van der Waals surface area contributed by atoms with Gasteiger partial charge in [0.25, 0.3) is 0 Å². The number of nitrogens with one attached hydrogen (secondary N) is 2. The van der Waals surface area contributed by atoms with Crippen molar-refractivity contribution in [2.45, 2.75) is 45.4 Å². The van der Waals surface area contributed by atoms with Gasteiger partial charge in [-0.2, -0.15) is 0 Å². The zero-order chi connectivity index (χ0) is 14.4. The van der Waals surface area contributed by atoms with Gasteiger partial charge in [-0.25, -0.2) is 4.79 Å². The Morgan fingerprint density at radius 1 is 0.889 bits per heavy atom. The van der Waals surface area contributed by atoms with Crippen LogP contribution in [0.15, 0.2) is 0 Å². The first-order valence-corrected chi connectivity index (χ1v) is 7.07. The van der Waals surface area contributed by atoms with E-state index in [-0.39, 0.29) is 6.03 Å². The van der Waals surface area contributed by atoms with Crippen molar-refractivity contribution in [3.05, 3.63) is 0 Å². The van der Waals surface area contributed by atoms with E-state index in [0.717, 1.165) is 4.48 Å². The van der Waals surface area contributed by atoms with Gasteiger partial charge in [0, 0.05) is 14.1 Å². The van der Waals surface area contributed by atoms with Crippen LogP contribution in [-0.2, 0) is 0 Å². The first-order chi connectivity index (χ1) is 8.37. The Labute approximate surface area is 114 Å². The van der Waals surface area contributed by atoms with E-state index in [1.165, 1.54) is 45.1 Å². The Kier molecular flexibility index (Phi) is 13.8. The SMILES string of the molecule is CCCCCCCC[N+](C)(C)C.CNC(=O)NC. The van der Waals surface area contributed by atoms with Gasteiger partial charge in [0.15, 0.2) is 0 Å². The summed E-state index contributed by atoms with van der Waals surface area (Å²) in [5, 5.41) is 4.73. The van der Waals surface area contributed by atoms with Gasteiger partial charge in [0.2, 0.25) is 0 Å². The van der Waals surface area contributed by atoms with Gasteiger partial charge in [-0.1, -0.05) is 32.6 Å². The van der Waals surface area contributed by atoms with E-state index in [2.05, 4.69) is 38.7 Å². The molecule has 2 N–H and O–H groups in total. The quantitative estimate of drug-likeness (QED) is 0.536. The number of carbonyl (C=O) groups is 1. The lowest BCUT2D eigenvalue weighted by Crippen LogP contribution is -2.35. The maximum Gasteiger partial charge on any atom is 0.314 e. The zero-order valence-corrected chi connectivity index (χ0v) is 13.3. The molecular weight excluding hydrogens is 226 g/mol. The van der Waals surface area contributed by atoms with Crippen LogP contribution in [-0.4, -0.2) is 52.3 Å². The average molecular weight is 260 g/mol. The highest BCUT2D eigenvalue weighted by atomic mass is 16.2. The van der Waals surface area contributed by atoms with Crippen LogP contribution >= 0.6 is 0 Å². The number of quaternary nitrogens is 1. The normalized spacial score (nSPS) is 10.3. The molecule has 0 saturated carbocycles. The summed E-state index contributed by atoms with van der Waals surface area (Å²) in [6.07, 6.45) is 8.48. The third-order valence-corrected chi connectivity index (χ3v) is 2.64. The van der Waals surface area contributed by atoms with Crippen LogP contribution in [0.1, 0.15) is 45.4 Å². The number of urea groups is 1. The molecule has 110 valence electrons. The Bertz CT molecular complexity index is 182. The van der Waals surface area contributed by atoms with E-state index in [9.17, 15) is 4.79 Å². The second kappa shape index (κ2) is 12.7. The van der Waals surface area contributed by atoms with E-state index in [1.54, 1.807) is 14.1 Å². The summed E-state index contributed by atoms with van der Waals surface area (Å²) in [6, 6.07) is -0.157. The van der Waals surface area contributed by atoms with Gasteiger partial charge in [0.1, 0.15) is 0 Å². The molecule has 4 nitrogen and oxygen atoms in total. The van der Waals surface area contributed by atoms with E-state index in [4.69, 9.17) is 0 Å². The molecule has 0 aliphatic heterocycles. The maximum atomic E-state index is 9.96. The first kappa shape index (κ1) is 19.6. The van der Waals surface area contributed by atoms with Crippen molar-refractivity contribution in [3.8, 4) is 0 Å². The van der Waals surface area contributed by atoms with Crippen molar-refractivity contribution in [1.29, 1.82) is 0 Å². The number of hydrogen-bond donors (Lipinski definition) is 2. The molecule has 18 heavy (non-hydrogen) atoms. The van der Waals surface area contributed by atoms with E-state index >= 15 is 0 Å². The van der Waals surface area contributed by atoms with Crippen LogP contribution in [0.2, 0.25) is 0 Å². The minimum absolute atomic E-state index is 0.157. The molecule has 0 fully saturated rings. The molecule has 0 aliphatic carbocycles. The highest BCUT2D eigenvalue weighted by Gasteiger charge is 2.04. The summed E-state index contributed by atoms with van der Waals surface area (Å²) in [6.45, 7) is 3.60. The number of unbranched alkanes of at least 4 members (excludes halogenated alkanes) is 5. The van der Waals surface area contributed by atoms with Gasteiger partial charge in [-0.3, -0.25) is 0 Å². The molecule has 0 aromatic heterocycles. The van der Waals surface area contributed by atoms with Crippen LogP contribution < -0.4 is 10.6 Å². The summed E-state index contributed by atoms with van der Waals surface area (Å²) < 4.78 is 1.12. The summed E-state index contributed by atoms with van der Waals surface area (Å²) in [4.78, 5) is 9.96. The molecule has 0 saturated heterocycles. The minimum Gasteiger partial charge on any atom is -0.341 e. The molecule has 0 bridgehead atoms. The molecule has 0 heterocycles. The first-order valence-electron chi connectivity index (χ1n) is 7.07. The van der Waals surface area contributed by atoms with Crippen molar-refractivity contribution in [1.82, 2.24) is 10.6 Å². The summed E-state index contributed by atoms with van der Waals surface area (Å²) in [7, 11) is 9.95. The molecule has 2 amide bonds. The molecule has 0 atom stereocenters. The van der Waals surface area contributed by atoms with Crippen molar-refractivity contribution in [2.24, 2.45) is 0 Å². The van der Waals surface area contributed by atoms with Gasteiger partial charge in [0.05, 0.1) is 27.7 Å². The predicted molar refractivity (Wildman–Crippen MR) is 79.8 cm³/mol. The van der Waals surface area contributed by atoms with E-state index in [0.29, 0.717) is 0 Å². The van der Waals surface area contributed by atoms with Gasteiger partial charge >= 0.3 is 6.03 Å². The average Bonchev–Trinajstić information content (AvgIpc) is 2.32. The fourth-order valence-electron chi connectivity index (χ4n) is 1.49. The van der Waals surface area contributed by atoms with Crippen LogP contribution in [0.25, 0.3) is 0 Å². The zero-order valence-electron chi connectivity index (χ0n) is 13.3. The number of nitrogens with zero attached hydrogens (tertiary/aromatic N) is 1. The fraction of sp³-hybridized carbons (Fsp3) is 0.929. The lowest BCUT2D eigenvalue weighted by atomic mass is 10.1. The summed E-state index contributed by atoms with van der Waals surface area (Å²) >= 11 is 0. The number of amides is 2. The largest absolute Gasteiger partial charge is 0.341 e. The van der Waals surface area contributed by atoms with Crippen molar-refractivity contribution in [3.63, 3.8) is 0 Å². The van der Waals surface area contributed by atoms with Crippen LogP contribution in [0.4, 0.5) is 4.79 Å². The Morgan fingerprint density at radius 2 is 1.33 bits per heavy atom. The topological polar surface area (TPSA) is 41.1 Å². The van der Waals surface area contributed by atoms with Gasteiger partial charge in [-0.15, -0.1) is 0 Å². The fourth-order valence-corrected chi connectivity index (χ4v) is 1.49. The van der Waals surface area contributed by atoms with Crippen LogP contribution in [0.3, 0.4) is 0 Å². The van der Waals surface area contributed by atoms with Crippen molar-refractivity contribution >= 4 is 6.03 Å². The molecule has 4 heteroatoms. The minimum atomic E-state index is -0.157. The Morgan fingerprint density at radius 3 is 1.67 bits per heavy atom. The third-order valence-electron chi connectivity index (χ3n) is 2.64. The molecule has 0 aromatic rings. The predicted octanol–water partition coefficient (Wildman–Crippen LogP) is 2.60. The summed E-state index contributed by atoms with van der Waals surface area (Å²) in [5.74, 6) is 0. The summed E-state index contributed by atoms with van der Waals surface area (Å²) in [5.41, 5.74) is 0. The monoisotopic (exact) mass is 260 g/mol. The second-order valence-electron chi connectivity index (χ2n) is 5.61. The van der Waals surface area contributed by atoms with Crippen molar-refractivity contribution in [2.75, 3.05) is 41.8 Å². The third kappa shape index (κ3) is 20.6. The molecule has 0 aromatic carbocycles. The highest BCUT2D eigenvalue weighted by Crippen LogP contribution is 2.06. The lowest BCUT2D eigenvalue weighted by molar-refractivity contribution is -0.870. The second-order valence-corrected chi connectivity index (χ2v) is 5.61. The smallest absolute Gasteiger partial charge is 0.314 e. The molecular formula is C14H34N3O+. The van der Waals surface area contributed by atoms with E-state index in [1.807, 2.05) is 0 Å². The number of hydrogen-bond acceptors (Lipinski definition) is 1. The molecule has 0 rings (SSSR count). The molecule has 0 unspecified atom stereocenters. The number of carbonyl (C=O) groups excluding carboxylic acids is 1. The Hall–Kier alpha value is -0.770. The molecule has 0 spiro atoms. The molecule has 0 aliphatic rings. The number of rotatable bonds is 7. The standard InChI is InChI=1S/C11H26N.C3H8N2O/c1-5-6-7-8-9-10-11-12(2,3)4;1-4-3(6)5-2/h5-11H2,1-4H3;1-2H3,(H2,4,5,6)/q+1;. The van der Waals surface area contributed by atoms with Gasteiger partial charge < -0.3 is 15.1 Å². The highest BCUT2D eigenvalue weighted by molar-refractivity contribution is 5.72. The maximum absolute atomic E-state index is 9.96. The van der Waals surface area contributed by atoms with Crippen molar-refractivity contribution < 1.29 is 9.28 Å². The van der Waals surface area contributed by atoms with Gasteiger partial charge in [-0.05, 0) is 12.8 Å². The van der Waals surface area contributed by atoms with Crippen LogP contribution in [0, 0.1) is 0 Å².